The molecule has 2 aromatic rings. The summed E-state index contributed by atoms with van der Waals surface area (Å²) in [7, 11) is 0. The maximum absolute atomic E-state index is 13.0. The first-order valence-electron chi connectivity index (χ1n) is 9.92. The predicted molar refractivity (Wildman–Crippen MR) is 113 cm³/mol. The third-order valence-corrected chi connectivity index (χ3v) is 4.50. The quantitative estimate of drug-likeness (QED) is 0.649. The van der Waals surface area contributed by atoms with Gasteiger partial charge >= 0.3 is 0 Å². The molecule has 0 saturated heterocycles. The molecular formula is C23H26N2O4. The number of imide groups is 1. The van der Waals surface area contributed by atoms with Crippen molar-refractivity contribution in [3.63, 3.8) is 0 Å². The summed E-state index contributed by atoms with van der Waals surface area (Å²) < 4.78 is 10.9. The van der Waals surface area contributed by atoms with E-state index >= 15 is 0 Å². The summed E-state index contributed by atoms with van der Waals surface area (Å²) in [5.41, 5.74) is 2.06. The van der Waals surface area contributed by atoms with Crippen molar-refractivity contribution in [1.82, 2.24) is 4.90 Å². The van der Waals surface area contributed by atoms with Crippen LogP contribution in [0.4, 0.5) is 5.69 Å². The molecule has 0 unspecified atom stereocenters. The molecule has 0 saturated carbocycles. The van der Waals surface area contributed by atoms with Gasteiger partial charge in [-0.2, -0.15) is 0 Å². The van der Waals surface area contributed by atoms with Crippen molar-refractivity contribution in [1.29, 1.82) is 0 Å². The van der Waals surface area contributed by atoms with Crippen molar-refractivity contribution in [2.24, 2.45) is 0 Å². The number of carbonyl (C=O) groups is 2. The Morgan fingerprint density at radius 3 is 1.86 bits per heavy atom. The fourth-order valence-corrected chi connectivity index (χ4v) is 3.22. The molecule has 152 valence electrons. The van der Waals surface area contributed by atoms with Gasteiger partial charge in [-0.15, -0.1) is 0 Å². The average molecular weight is 394 g/mol. The minimum absolute atomic E-state index is 0.283. The smallest absolute Gasteiger partial charge is 0.278 e. The molecule has 29 heavy (non-hydrogen) atoms. The number of carbonyl (C=O) groups excluding carboxylic acids is 2. The molecule has 1 aliphatic rings. The molecule has 2 aromatic carbocycles. The van der Waals surface area contributed by atoms with Crippen LogP contribution < -0.4 is 14.8 Å². The normalized spacial score (nSPS) is 13.8. The highest BCUT2D eigenvalue weighted by Crippen LogP contribution is 2.31. The molecule has 1 N–H and O–H groups in total. The zero-order valence-corrected chi connectivity index (χ0v) is 17.0. The van der Waals surface area contributed by atoms with Crippen LogP contribution in [-0.2, 0) is 9.59 Å². The lowest BCUT2D eigenvalue weighted by Gasteiger charge is -2.14. The van der Waals surface area contributed by atoms with Gasteiger partial charge in [0.2, 0.25) is 0 Å². The maximum atomic E-state index is 13.0. The Labute approximate surface area is 171 Å². The topological polar surface area (TPSA) is 67.9 Å². The Balaban J connectivity index is 1.96. The number of amides is 2. The maximum Gasteiger partial charge on any atom is 0.278 e. The van der Waals surface area contributed by atoms with E-state index in [0.717, 1.165) is 11.5 Å². The van der Waals surface area contributed by atoms with Gasteiger partial charge in [0.25, 0.3) is 11.8 Å². The van der Waals surface area contributed by atoms with E-state index in [-0.39, 0.29) is 17.5 Å². The van der Waals surface area contributed by atoms with Gasteiger partial charge in [-0.25, -0.2) is 0 Å². The van der Waals surface area contributed by atoms with Gasteiger partial charge in [-0.3, -0.25) is 14.5 Å². The average Bonchev–Trinajstić information content (AvgIpc) is 2.95. The number of hydrogen-bond donors (Lipinski definition) is 1. The summed E-state index contributed by atoms with van der Waals surface area (Å²) in [5, 5.41) is 3.15. The van der Waals surface area contributed by atoms with Crippen molar-refractivity contribution < 1.29 is 19.1 Å². The summed E-state index contributed by atoms with van der Waals surface area (Å²) in [5.74, 6) is 0.879. The Bertz CT molecular complexity index is 901. The van der Waals surface area contributed by atoms with Crippen LogP contribution in [0, 0.1) is 0 Å². The molecule has 6 heteroatoms. The van der Waals surface area contributed by atoms with E-state index in [1.54, 1.807) is 24.3 Å². The highest BCUT2D eigenvalue weighted by atomic mass is 16.5. The third-order valence-electron chi connectivity index (χ3n) is 4.50. The number of benzene rings is 2. The minimum Gasteiger partial charge on any atom is -0.494 e. The van der Waals surface area contributed by atoms with Crippen molar-refractivity contribution >= 4 is 23.1 Å². The van der Waals surface area contributed by atoms with E-state index in [1.807, 2.05) is 45.0 Å². The van der Waals surface area contributed by atoms with Crippen LogP contribution >= 0.6 is 0 Å². The fourth-order valence-electron chi connectivity index (χ4n) is 3.22. The molecule has 0 fully saturated rings. The lowest BCUT2D eigenvalue weighted by atomic mass is 10.0. The van der Waals surface area contributed by atoms with E-state index in [4.69, 9.17) is 9.47 Å². The highest BCUT2D eigenvalue weighted by molar-refractivity contribution is 6.36. The lowest BCUT2D eigenvalue weighted by molar-refractivity contribution is -0.136. The highest BCUT2D eigenvalue weighted by Gasteiger charge is 2.38. The molecule has 0 spiro atoms. The van der Waals surface area contributed by atoms with Crippen LogP contribution in [0.15, 0.2) is 54.2 Å². The summed E-state index contributed by atoms with van der Waals surface area (Å²) in [6.07, 6.45) is 0.699. The zero-order valence-electron chi connectivity index (χ0n) is 17.0. The van der Waals surface area contributed by atoms with E-state index in [1.165, 1.54) is 4.90 Å². The van der Waals surface area contributed by atoms with Crippen LogP contribution in [0.1, 0.15) is 32.8 Å². The predicted octanol–water partition coefficient (Wildman–Crippen LogP) is 4.09. The number of nitrogens with zero attached hydrogens (tertiary/aromatic N) is 1. The van der Waals surface area contributed by atoms with Crippen LogP contribution in [0.3, 0.4) is 0 Å². The van der Waals surface area contributed by atoms with Gasteiger partial charge in [0, 0.05) is 12.2 Å². The number of anilines is 1. The van der Waals surface area contributed by atoms with E-state index in [0.29, 0.717) is 43.0 Å². The first-order chi connectivity index (χ1) is 14.1. The van der Waals surface area contributed by atoms with Crippen LogP contribution in [-0.4, -0.2) is 36.5 Å². The second kappa shape index (κ2) is 9.28. The minimum atomic E-state index is -0.311. The molecule has 0 aliphatic carbocycles. The van der Waals surface area contributed by atoms with Gasteiger partial charge in [-0.1, -0.05) is 19.1 Å². The molecule has 0 aromatic heterocycles. The number of nitrogens with one attached hydrogen (secondary N) is 1. The van der Waals surface area contributed by atoms with Crippen LogP contribution in [0.5, 0.6) is 11.5 Å². The van der Waals surface area contributed by atoms with Gasteiger partial charge in [-0.05, 0) is 62.2 Å². The zero-order chi connectivity index (χ0) is 20.8. The Hall–Kier alpha value is -3.28. The van der Waals surface area contributed by atoms with Crippen LogP contribution in [0.25, 0.3) is 5.57 Å². The van der Waals surface area contributed by atoms with Gasteiger partial charge in [0.15, 0.2) is 0 Å². The molecule has 0 bridgehead atoms. The largest absolute Gasteiger partial charge is 0.494 e. The van der Waals surface area contributed by atoms with Gasteiger partial charge in [0.05, 0.1) is 18.8 Å². The molecule has 3 rings (SSSR count). The molecule has 2 amide bonds. The summed E-state index contributed by atoms with van der Waals surface area (Å²) in [4.78, 5) is 27.3. The molecule has 1 aliphatic heterocycles. The summed E-state index contributed by atoms with van der Waals surface area (Å²) >= 11 is 0. The van der Waals surface area contributed by atoms with E-state index in [2.05, 4.69) is 5.32 Å². The lowest BCUT2D eigenvalue weighted by Crippen LogP contribution is -2.33. The summed E-state index contributed by atoms with van der Waals surface area (Å²) in [6.45, 7) is 7.30. The fraction of sp³-hybridized carbons (Fsp3) is 0.304. The molecule has 0 radical (unpaired) electrons. The monoisotopic (exact) mass is 394 g/mol. The molecule has 1 heterocycles. The first-order valence-corrected chi connectivity index (χ1v) is 9.92. The standard InChI is InChI=1S/C23H26N2O4/c1-4-15-25-22(26)20(16-7-11-18(12-8-16)28-5-2)21(23(25)27)24-17-9-13-19(14-10-17)29-6-3/h7-14,24H,4-6,15H2,1-3H3. The van der Waals surface area contributed by atoms with Gasteiger partial charge < -0.3 is 14.8 Å². The third kappa shape index (κ3) is 4.42. The van der Waals surface area contributed by atoms with E-state index in [9.17, 15) is 9.59 Å². The van der Waals surface area contributed by atoms with Crippen molar-refractivity contribution in [2.75, 3.05) is 25.1 Å². The van der Waals surface area contributed by atoms with Gasteiger partial charge in [0.1, 0.15) is 17.2 Å². The summed E-state index contributed by atoms with van der Waals surface area (Å²) in [6, 6.07) is 14.5. The SMILES string of the molecule is CCCN1C(=O)C(Nc2ccc(OCC)cc2)=C(c2ccc(OCC)cc2)C1=O. The number of rotatable bonds is 9. The Morgan fingerprint density at radius 2 is 1.34 bits per heavy atom. The molecular weight excluding hydrogens is 368 g/mol. The Morgan fingerprint density at radius 1 is 0.793 bits per heavy atom. The molecule has 6 nitrogen and oxygen atoms in total. The van der Waals surface area contributed by atoms with Crippen molar-refractivity contribution in [2.45, 2.75) is 27.2 Å². The van der Waals surface area contributed by atoms with E-state index < -0.39 is 0 Å². The Kier molecular flexibility index (Phi) is 6.54. The second-order valence-electron chi connectivity index (χ2n) is 6.55. The number of hydrogen-bond acceptors (Lipinski definition) is 5. The second-order valence-corrected chi connectivity index (χ2v) is 6.55. The first kappa shape index (κ1) is 20.5. The number of ether oxygens (including phenoxy) is 2. The van der Waals surface area contributed by atoms with Crippen molar-refractivity contribution in [3.05, 3.63) is 59.8 Å². The molecule has 0 atom stereocenters. The van der Waals surface area contributed by atoms with Crippen LogP contribution in [0.2, 0.25) is 0 Å². The van der Waals surface area contributed by atoms with Crippen molar-refractivity contribution in [3.8, 4) is 11.5 Å².